The first-order valence-corrected chi connectivity index (χ1v) is 20.6. The van der Waals surface area contributed by atoms with Gasteiger partial charge >= 0.3 is 11.9 Å². The van der Waals surface area contributed by atoms with Gasteiger partial charge in [-0.05, 0) is 127 Å². The normalized spacial score (nSPS) is 16.1. The molecule has 0 bridgehead atoms. The highest BCUT2D eigenvalue weighted by atomic mass is 35.5. The van der Waals surface area contributed by atoms with Crippen molar-refractivity contribution in [3.63, 3.8) is 0 Å². The Kier molecular flexibility index (Phi) is 13.2. The fourth-order valence-corrected chi connectivity index (χ4v) is 9.68. The first-order valence-electron chi connectivity index (χ1n) is 17.5. The summed E-state index contributed by atoms with van der Waals surface area (Å²) in [7, 11) is -0.932. The SMILES string of the molecule is CCOC(=O)c1ccc(C#Cc2ccc3c(c2)C(C)(C)CCS3)cc1Cl.CCOC(=O)c1ccc(C#Cc2ccc3c(c2)C(C)(C)CCS3=O)cc1Cl. The van der Waals surface area contributed by atoms with Crippen molar-refractivity contribution in [2.24, 2.45) is 0 Å². The molecule has 6 rings (SSSR count). The van der Waals surface area contributed by atoms with Gasteiger partial charge in [0, 0.05) is 37.8 Å². The molecule has 0 saturated carbocycles. The summed E-state index contributed by atoms with van der Waals surface area (Å²) in [6.07, 6.45) is 2.07. The highest BCUT2D eigenvalue weighted by Crippen LogP contribution is 2.42. The van der Waals surface area contributed by atoms with Crippen LogP contribution >= 0.6 is 35.0 Å². The maximum atomic E-state index is 12.3. The van der Waals surface area contributed by atoms with E-state index in [9.17, 15) is 13.8 Å². The molecule has 0 aliphatic carbocycles. The molecule has 0 radical (unpaired) electrons. The highest BCUT2D eigenvalue weighted by Gasteiger charge is 2.31. The molecule has 2 aliphatic heterocycles. The molecule has 4 aromatic carbocycles. The lowest BCUT2D eigenvalue weighted by Crippen LogP contribution is -2.27. The molecule has 274 valence electrons. The molecule has 0 fully saturated rings. The summed E-state index contributed by atoms with van der Waals surface area (Å²) in [5.41, 5.74) is 6.70. The molecule has 53 heavy (non-hydrogen) atoms. The number of benzene rings is 4. The Balaban J connectivity index is 0.000000204. The maximum Gasteiger partial charge on any atom is 0.339 e. The minimum Gasteiger partial charge on any atom is -0.462 e. The predicted octanol–water partition coefficient (Wildman–Crippen LogP) is 10.4. The molecule has 0 N–H and O–H groups in total. The molecule has 1 unspecified atom stereocenters. The quantitative estimate of drug-likeness (QED) is 0.152. The van der Waals surface area contributed by atoms with Crippen LogP contribution in [0.25, 0.3) is 0 Å². The Morgan fingerprint density at radius 3 is 1.64 bits per heavy atom. The number of thioether (sulfide) groups is 1. The van der Waals surface area contributed by atoms with E-state index in [4.69, 9.17) is 32.7 Å². The molecular weight excluding hydrogens is 744 g/mol. The lowest BCUT2D eigenvalue weighted by Gasteiger charge is -2.32. The van der Waals surface area contributed by atoms with E-state index in [0.717, 1.165) is 39.3 Å². The van der Waals surface area contributed by atoms with Crippen LogP contribution in [0.15, 0.2) is 82.6 Å². The van der Waals surface area contributed by atoms with Crippen molar-refractivity contribution in [1.82, 2.24) is 0 Å². The van der Waals surface area contributed by atoms with E-state index in [2.05, 4.69) is 69.6 Å². The van der Waals surface area contributed by atoms with Crippen molar-refractivity contribution >= 4 is 57.7 Å². The van der Waals surface area contributed by atoms with Crippen molar-refractivity contribution in [3.05, 3.63) is 127 Å². The average Bonchev–Trinajstić information content (AvgIpc) is 3.12. The van der Waals surface area contributed by atoms with Gasteiger partial charge in [0.05, 0.1) is 45.2 Å². The number of ether oxygens (including phenoxy) is 2. The van der Waals surface area contributed by atoms with E-state index in [1.165, 1.54) is 16.9 Å². The molecule has 1 atom stereocenters. The third kappa shape index (κ3) is 9.97. The smallest absolute Gasteiger partial charge is 0.339 e. The third-order valence-corrected chi connectivity index (χ3v) is 12.3. The van der Waals surface area contributed by atoms with Gasteiger partial charge in [0.2, 0.25) is 0 Å². The zero-order valence-electron chi connectivity index (χ0n) is 30.8. The predicted molar refractivity (Wildman–Crippen MR) is 217 cm³/mol. The Hall–Kier alpha value is -3.98. The second kappa shape index (κ2) is 17.4. The Bertz CT molecular complexity index is 2200. The van der Waals surface area contributed by atoms with Crippen LogP contribution < -0.4 is 0 Å². The number of hydrogen-bond donors (Lipinski definition) is 0. The van der Waals surface area contributed by atoms with Crippen molar-refractivity contribution in [3.8, 4) is 23.7 Å². The second-order valence-corrected chi connectivity index (χ2v) is 17.4. The molecule has 0 amide bonds. The van der Waals surface area contributed by atoms with Gasteiger partial charge in [-0.1, -0.05) is 74.6 Å². The number of carbonyl (C=O) groups excluding carboxylic acids is 2. The molecule has 4 aromatic rings. The maximum absolute atomic E-state index is 12.3. The lowest BCUT2D eigenvalue weighted by atomic mass is 9.81. The monoisotopic (exact) mass is 784 g/mol. The van der Waals surface area contributed by atoms with Crippen molar-refractivity contribution in [2.75, 3.05) is 24.7 Å². The minimum absolute atomic E-state index is 0.00840. The molecule has 0 aromatic heterocycles. The van der Waals surface area contributed by atoms with Crippen LogP contribution in [-0.4, -0.2) is 40.9 Å². The molecule has 2 aliphatic rings. The first-order chi connectivity index (χ1) is 25.2. The van der Waals surface area contributed by atoms with Gasteiger partial charge in [0.1, 0.15) is 0 Å². The van der Waals surface area contributed by atoms with Gasteiger partial charge in [-0.2, -0.15) is 0 Å². The summed E-state index contributed by atoms with van der Waals surface area (Å²) in [6.45, 7) is 13.1. The zero-order valence-corrected chi connectivity index (χ0v) is 33.9. The van der Waals surface area contributed by atoms with Crippen LogP contribution in [0.2, 0.25) is 10.0 Å². The van der Waals surface area contributed by atoms with Crippen LogP contribution in [0, 0.1) is 23.7 Å². The molecule has 2 heterocycles. The van der Waals surface area contributed by atoms with Crippen LogP contribution in [0.1, 0.15) is 108 Å². The van der Waals surface area contributed by atoms with Crippen LogP contribution in [0.5, 0.6) is 0 Å². The summed E-state index contributed by atoms with van der Waals surface area (Å²) in [4.78, 5) is 25.9. The highest BCUT2D eigenvalue weighted by molar-refractivity contribution is 7.99. The number of halogens is 2. The number of hydrogen-bond acceptors (Lipinski definition) is 6. The number of carbonyl (C=O) groups is 2. The van der Waals surface area contributed by atoms with E-state index in [0.29, 0.717) is 45.7 Å². The number of fused-ring (bicyclic) bond motifs is 2. The van der Waals surface area contributed by atoms with Gasteiger partial charge in [-0.25, -0.2) is 9.59 Å². The van der Waals surface area contributed by atoms with E-state index in [1.807, 2.05) is 30.0 Å². The molecular formula is C44H42Cl2O5S2. The number of esters is 2. The molecule has 5 nitrogen and oxygen atoms in total. The number of rotatable bonds is 4. The van der Waals surface area contributed by atoms with E-state index >= 15 is 0 Å². The Morgan fingerprint density at radius 1 is 0.679 bits per heavy atom. The fraction of sp³-hybridized carbons (Fsp3) is 0.318. The van der Waals surface area contributed by atoms with Crippen LogP contribution in [0.3, 0.4) is 0 Å². The standard InChI is InChI=1S/C22H21ClO3S.C22H21ClO2S/c1-4-26-21(24)17-9-7-16(14-19(17)23)6-5-15-8-10-20-18(13-15)22(2,3)11-12-27(20)25;1-4-25-21(24)17-9-7-16(14-19(17)23)6-5-15-8-10-20-18(13-15)22(2,3)11-12-26-20/h7-10,13-14H,4,11-12H2,1-3H3;7-10,13-14H,4,11-12H2,1-3H3. The molecule has 0 saturated heterocycles. The van der Waals surface area contributed by atoms with Gasteiger partial charge in [-0.3, -0.25) is 4.21 Å². The van der Waals surface area contributed by atoms with E-state index in [-0.39, 0.29) is 10.8 Å². The van der Waals surface area contributed by atoms with Crippen molar-refractivity contribution < 1.29 is 23.3 Å². The average molecular weight is 786 g/mol. The van der Waals surface area contributed by atoms with Gasteiger partial charge in [-0.15, -0.1) is 11.8 Å². The summed E-state index contributed by atoms with van der Waals surface area (Å²) in [5, 5.41) is 0.681. The summed E-state index contributed by atoms with van der Waals surface area (Å²) in [5.74, 6) is 13.6. The van der Waals surface area contributed by atoms with Crippen LogP contribution in [-0.2, 0) is 31.1 Å². The Morgan fingerprint density at radius 2 is 1.13 bits per heavy atom. The summed E-state index contributed by atoms with van der Waals surface area (Å²) < 4.78 is 22.2. The van der Waals surface area contributed by atoms with Crippen molar-refractivity contribution in [1.29, 1.82) is 0 Å². The topological polar surface area (TPSA) is 69.7 Å². The van der Waals surface area contributed by atoms with Crippen molar-refractivity contribution in [2.45, 2.75) is 75.0 Å². The van der Waals surface area contributed by atoms with Crippen LogP contribution in [0.4, 0.5) is 0 Å². The minimum atomic E-state index is -0.932. The largest absolute Gasteiger partial charge is 0.462 e. The van der Waals surface area contributed by atoms with Gasteiger partial charge in [0.15, 0.2) is 0 Å². The lowest BCUT2D eigenvalue weighted by molar-refractivity contribution is 0.0517. The van der Waals surface area contributed by atoms with Gasteiger partial charge in [0.25, 0.3) is 0 Å². The third-order valence-electron chi connectivity index (χ3n) is 9.19. The summed E-state index contributed by atoms with van der Waals surface area (Å²) >= 11 is 14.3. The molecule has 9 heteroatoms. The van der Waals surface area contributed by atoms with E-state index < -0.39 is 22.7 Å². The Labute approximate surface area is 330 Å². The fourth-order valence-electron chi connectivity index (χ4n) is 5.96. The zero-order chi connectivity index (χ0) is 38.3. The first kappa shape index (κ1) is 40.2. The molecule has 0 spiro atoms. The second-order valence-electron chi connectivity index (χ2n) is 13.9. The summed E-state index contributed by atoms with van der Waals surface area (Å²) in [6, 6.07) is 22.5. The van der Waals surface area contributed by atoms with Gasteiger partial charge < -0.3 is 9.47 Å². The van der Waals surface area contributed by atoms with E-state index in [1.54, 1.807) is 50.2 Å².